The second-order valence-corrected chi connectivity index (χ2v) is 4.82. The van der Waals surface area contributed by atoms with Gasteiger partial charge in [0.2, 0.25) is 0 Å². The number of urea groups is 1. The van der Waals surface area contributed by atoms with Gasteiger partial charge in [-0.2, -0.15) is 0 Å². The summed E-state index contributed by atoms with van der Waals surface area (Å²) in [6, 6.07) is 1.22. The van der Waals surface area contributed by atoms with Crippen molar-refractivity contribution in [2.75, 3.05) is 11.9 Å². The molecule has 0 saturated heterocycles. The van der Waals surface area contributed by atoms with Crippen molar-refractivity contribution in [3.63, 3.8) is 0 Å². The molecule has 1 heterocycles. The van der Waals surface area contributed by atoms with Gasteiger partial charge in [-0.25, -0.2) is 18.0 Å². The Morgan fingerprint density at radius 3 is 2.52 bits per heavy atom. The number of anilines is 1. The third-order valence-electron chi connectivity index (χ3n) is 3.16. The van der Waals surface area contributed by atoms with Gasteiger partial charge >= 0.3 is 6.03 Å². The molecule has 0 fully saturated rings. The number of aryl methyl sites for hydroxylation is 1. The van der Waals surface area contributed by atoms with Gasteiger partial charge < -0.3 is 15.7 Å². The molecule has 1 unspecified atom stereocenters. The third kappa shape index (κ3) is 3.98. The monoisotopic (exact) mass is 325 g/mol. The Balaban J connectivity index is 2.13. The summed E-state index contributed by atoms with van der Waals surface area (Å²) < 4.78 is 39.4. The maximum absolute atomic E-state index is 13.2. The van der Waals surface area contributed by atoms with Crippen molar-refractivity contribution in [2.24, 2.45) is 0 Å². The van der Waals surface area contributed by atoms with E-state index >= 15 is 0 Å². The van der Waals surface area contributed by atoms with E-state index in [-0.39, 0.29) is 5.56 Å². The highest BCUT2D eigenvalue weighted by molar-refractivity contribution is 5.90. The van der Waals surface area contributed by atoms with Crippen LogP contribution in [-0.4, -0.2) is 22.7 Å². The normalized spacial score (nSPS) is 11.9. The predicted molar refractivity (Wildman–Crippen MR) is 77.3 cm³/mol. The van der Waals surface area contributed by atoms with Gasteiger partial charge in [-0.3, -0.25) is 4.98 Å². The molecule has 1 aromatic carbocycles. The molecule has 0 bridgehead atoms. The summed E-state index contributed by atoms with van der Waals surface area (Å²) in [5, 5.41) is 14.2. The lowest BCUT2D eigenvalue weighted by Crippen LogP contribution is -2.34. The Hall–Kier alpha value is -2.61. The van der Waals surface area contributed by atoms with Crippen LogP contribution >= 0.6 is 0 Å². The molecule has 2 amide bonds. The highest BCUT2D eigenvalue weighted by atomic mass is 19.2. The first-order chi connectivity index (χ1) is 10.9. The summed E-state index contributed by atoms with van der Waals surface area (Å²) in [5.74, 6) is -4.40. The minimum absolute atomic E-state index is 0.0921. The van der Waals surface area contributed by atoms with Crippen LogP contribution in [-0.2, 0) is 0 Å². The largest absolute Gasteiger partial charge is 0.394 e. The van der Waals surface area contributed by atoms with Crippen molar-refractivity contribution in [2.45, 2.75) is 13.0 Å². The average molecular weight is 325 g/mol. The van der Waals surface area contributed by atoms with E-state index in [2.05, 4.69) is 15.6 Å². The smallest absolute Gasteiger partial charge is 0.319 e. The van der Waals surface area contributed by atoms with Crippen LogP contribution in [0.3, 0.4) is 0 Å². The van der Waals surface area contributed by atoms with E-state index in [1.54, 1.807) is 19.2 Å². The van der Waals surface area contributed by atoms with Gasteiger partial charge in [-0.05, 0) is 36.2 Å². The molecule has 0 aliphatic heterocycles. The lowest BCUT2D eigenvalue weighted by Gasteiger charge is -2.18. The quantitative estimate of drug-likeness (QED) is 0.757. The lowest BCUT2D eigenvalue weighted by atomic mass is 10.1. The maximum Gasteiger partial charge on any atom is 0.319 e. The SMILES string of the molecule is Cc1cnccc1NC(=O)NC(CO)c1cc(F)c(F)c(F)c1. The molecular weight excluding hydrogens is 311 g/mol. The molecule has 0 saturated carbocycles. The first-order valence-corrected chi connectivity index (χ1v) is 6.65. The lowest BCUT2D eigenvalue weighted by molar-refractivity contribution is 0.225. The number of carbonyl (C=O) groups excluding carboxylic acids is 1. The van der Waals surface area contributed by atoms with Crippen LogP contribution in [0.2, 0.25) is 0 Å². The van der Waals surface area contributed by atoms with Crippen molar-refractivity contribution < 1.29 is 23.1 Å². The molecule has 1 aromatic heterocycles. The number of hydrogen-bond acceptors (Lipinski definition) is 3. The summed E-state index contributed by atoms with van der Waals surface area (Å²) in [7, 11) is 0. The molecule has 122 valence electrons. The summed E-state index contributed by atoms with van der Waals surface area (Å²) in [4.78, 5) is 15.8. The summed E-state index contributed by atoms with van der Waals surface area (Å²) in [6.07, 6.45) is 3.03. The molecule has 8 heteroatoms. The number of pyridine rings is 1. The minimum Gasteiger partial charge on any atom is -0.394 e. The number of benzene rings is 1. The van der Waals surface area contributed by atoms with Crippen molar-refractivity contribution in [1.82, 2.24) is 10.3 Å². The number of hydrogen-bond donors (Lipinski definition) is 3. The number of amides is 2. The van der Waals surface area contributed by atoms with E-state index in [0.29, 0.717) is 11.3 Å². The third-order valence-corrected chi connectivity index (χ3v) is 3.16. The zero-order valence-electron chi connectivity index (χ0n) is 12.1. The van der Waals surface area contributed by atoms with Crippen molar-refractivity contribution in [3.05, 3.63) is 59.2 Å². The standard InChI is InChI=1S/C15H14F3N3O2/c1-8-6-19-3-2-12(8)20-15(23)21-13(7-22)9-4-10(16)14(18)11(17)5-9/h2-6,13,22H,7H2,1H3,(H2,19,20,21,23). The second kappa shape index (κ2) is 7.10. The molecule has 2 aromatic rings. The van der Waals surface area contributed by atoms with Crippen LogP contribution in [0.5, 0.6) is 0 Å². The van der Waals surface area contributed by atoms with Crippen LogP contribution in [0.25, 0.3) is 0 Å². The zero-order valence-corrected chi connectivity index (χ0v) is 12.1. The Morgan fingerprint density at radius 2 is 1.96 bits per heavy atom. The Labute approximate surface area is 130 Å². The van der Waals surface area contributed by atoms with Crippen LogP contribution in [0, 0.1) is 24.4 Å². The van der Waals surface area contributed by atoms with Crippen LogP contribution in [0.1, 0.15) is 17.2 Å². The van der Waals surface area contributed by atoms with Gasteiger partial charge in [0.1, 0.15) is 0 Å². The van der Waals surface area contributed by atoms with Crippen molar-refractivity contribution >= 4 is 11.7 Å². The van der Waals surface area contributed by atoms with E-state index in [1.807, 2.05) is 0 Å². The van der Waals surface area contributed by atoms with Gasteiger partial charge in [0.25, 0.3) is 0 Å². The fourth-order valence-electron chi connectivity index (χ4n) is 1.94. The predicted octanol–water partition coefficient (Wildman–Crippen LogP) is 2.66. The number of aromatic nitrogens is 1. The summed E-state index contributed by atoms with van der Waals surface area (Å²) >= 11 is 0. The number of rotatable bonds is 4. The topological polar surface area (TPSA) is 74.2 Å². The van der Waals surface area contributed by atoms with Gasteiger partial charge in [0.05, 0.1) is 12.6 Å². The number of halogens is 3. The van der Waals surface area contributed by atoms with Crippen LogP contribution in [0.4, 0.5) is 23.7 Å². The number of aliphatic hydroxyl groups excluding tert-OH is 1. The molecule has 3 N–H and O–H groups in total. The van der Waals surface area contributed by atoms with E-state index in [1.165, 1.54) is 6.20 Å². The van der Waals surface area contributed by atoms with Gasteiger partial charge in [-0.15, -0.1) is 0 Å². The van der Waals surface area contributed by atoms with E-state index in [4.69, 9.17) is 0 Å². The fourth-order valence-corrected chi connectivity index (χ4v) is 1.94. The van der Waals surface area contributed by atoms with Crippen LogP contribution in [0.15, 0.2) is 30.6 Å². The summed E-state index contributed by atoms with van der Waals surface area (Å²) in [6.45, 7) is 1.12. The number of aliphatic hydroxyl groups is 1. The zero-order chi connectivity index (χ0) is 17.0. The molecule has 1 atom stereocenters. The molecule has 0 spiro atoms. The first-order valence-electron chi connectivity index (χ1n) is 6.65. The molecule has 0 aliphatic carbocycles. The Bertz CT molecular complexity index is 702. The molecule has 2 rings (SSSR count). The first kappa shape index (κ1) is 16.8. The number of nitrogens with zero attached hydrogens (tertiary/aromatic N) is 1. The fraction of sp³-hybridized carbons (Fsp3) is 0.200. The van der Waals surface area contributed by atoms with Gasteiger partial charge in [-0.1, -0.05) is 0 Å². The second-order valence-electron chi connectivity index (χ2n) is 4.82. The van der Waals surface area contributed by atoms with E-state index < -0.39 is 36.1 Å². The average Bonchev–Trinajstić information content (AvgIpc) is 2.52. The van der Waals surface area contributed by atoms with Crippen LogP contribution < -0.4 is 10.6 Å². The molecule has 5 nitrogen and oxygen atoms in total. The highest BCUT2D eigenvalue weighted by Crippen LogP contribution is 2.19. The van der Waals surface area contributed by atoms with Crippen molar-refractivity contribution in [3.8, 4) is 0 Å². The van der Waals surface area contributed by atoms with E-state index in [0.717, 1.165) is 12.1 Å². The van der Waals surface area contributed by atoms with E-state index in [9.17, 15) is 23.1 Å². The van der Waals surface area contributed by atoms with Crippen molar-refractivity contribution in [1.29, 1.82) is 0 Å². The Morgan fingerprint density at radius 1 is 1.30 bits per heavy atom. The number of nitrogens with one attached hydrogen (secondary N) is 2. The number of carbonyl (C=O) groups is 1. The molecule has 23 heavy (non-hydrogen) atoms. The molecule has 0 radical (unpaired) electrons. The summed E-state index contributed by atoms with van der Waals surface area (Å²) in [5.41, 5.74) is 1.11. The van der Waals surface area contributed by atoms with Gasteiger partial charge in [0, 0.05) is 18.1 Å². The minimum atomic E-state index is -1.61. The maximum atomic E-state index is 13.2. The Kier molecular flexibility index (Phi) is 5.17. The molecule has 0 aliphatic rings. The van der Waals surface area contributed by atoms with Gasteiger partial charge in [0.15, 0.2) is 17.5 Å². The molecular formula is C15H14F3N3O2. The highest BCUT2D eigenvalue weighted by Gasteiger charge is 2.19.